The molecule has 1 saturated heterocycles. The summed E-state index contributed by atoms with van der Waals surface area (Å²) in [6, 6.07) is 14.9. The van der Waals surface area contributed by atoms with Crippen LogP contribution in [0.5, 0.6) is 0 Å². The molecule has 1 fully saturated rings. The SMILES string of the molecule is CCC(CCC(=O)N1C[C@@H](O)C[C@H]1C(=O)O)NC(=O)OCC1c2ccccc2-c2ccccc21. The quantitative estimate of drug-likeness (QED) is 0.551. The van der Waals surface area contributed by atoms with Crippen molar-refractivity contribution in [3.63, 3.8) is 0 Å². The molecule has 1 heterocycles. The number of benzene rings is 2. The van der Waals surface area contributed by atoms with Crippen LogP contribution in [0, 0.1) is 0 Å². The van der Waals surface area contributed by atoms with Crippen molar-refractivity contribution < 1.29 is 29.3 Å². The van der Waals surface area contributed by atoms with Gasteiger partial charge in [-0.1, -0.05) is 55.5 Å². The second kappa shape index (κ2) is 10.3. The summed E-state index contributed by atoms with van der Waals surface area (Å²) in [5.74, 6) is -1.49. The largest absolute Gasteiger partial charge is 0.480 e. The highest BCUT2D eigenvalue weighted by atomic mass is 16.5. The molecule has 3 atom stereocenters. The summed E-state index contributed by atoms with van der Waals surface area (Å²) in [5, 5.41) is 21.9. The lowest BCUT2D eigenvalue weighted by atomic mass is 9.98. The van der Waals surface area contributed by atoms with Gasteiger partial charge in [0, 0.05) is 31.3 Å². The maximum absolute atomic E-state index is 12.6. The summed E-state index contributed by atoms with van der Waals surface area (Å²) in [7, 11) is 0. The number of nitrogens with one attached hydrogen (secondary N) is 1. The lowest BCUT2D eigenvalue weighted by Gasteiger charge is -2.23. The van der Waals surface area contributed by atoms with E-state index in [1.807, 2.05) is 31.2 Å². The fraction of sp³-hybridized carbons (Fsp3) is 0.423. The van der Waals surface area contributed by atoms with E-state index in [-0.39, 0.29) is 43.9 Å². The van der Waals surface area contributed by atoms with Gasteiger partial charge < -0.3 is 25.2 Å². The lowest BCUT2D eigenvalue weighted by molar-refractivity contribution is -0.148. The maximum Gasteiger partial charge on any atom is 0.407 e. The van der Waals surface area contributed by atoms with Crippen LogP contribution in [0.3, 0.4) is 0 Å². The minimum atomic E-state index is -1.12. The van der Waals surface area contributed by atoms with E-state index in [0.717, 1.165) is 22.3 Å². The van der Waals surface area contributed by atoms with Crippen LogP contribution in [0.2, 0.25) is 0 Å². The third-order valence-electron chi connectivity index (χ3n) is 6.75. The van der Waals surface area contributed by atoms with Crippen molar-refractivity contribution in [2.24, 2.45) is 0 Å². The number of carboxylic acid groups (broad SMARTS) is 1. The highest BCUT2D eigenvalue weighted by Crippen LogP contribution is 2.44. The van der Waals surface area contributed by atoms with Gasteiger partial charge in [0.25, 0.3) is 0 Å². The molecule has 1 aliphatic carbocycles. The number of aliphatic hydroxyl groups excluding tert-OH is 1. The van der Waals surface area contributed by atoms with Gasteiger partial charge in [0.1, 0.15) is 12.6 Å². The average molecular weight is 467 g/mol. The van der Waals surface area contributed by atoms with Crippen molar-refractivity contribution in [3.05, 3.63) is 59.7 Å². The Balaban J connectivity index is 1.30. The Morgan fingerprint density at radius 1 is 1.09 bits per heavy atom. The Labute approximate surface area is 198 Å². The second-order valence-electron chi connectivity index (χ2n) is 8.90. The van der Waals surface area contributed by atoms with E-state index in [4.69, 9.17) is 4.74 Å². The highest BCUT2D eigenvalue weighted by Gasteiger charge is 2.38. The number of fused-ring (bicyclic) bond motifs is 3. The topological polar surface area (TPSA) is 116 Å². The summed E-state index contributed by atoms with van der Waals surface area (Å²) < 4.78 is 5.59. The van der Waals surface area contributed by atoms with Crippen LogP contribution in [-0.4, -0.2) is 64.4 Å². The third kappa shape index (κ3) is 4.92. The van der Waals surface area contributed by atoms with Crippen LogP contribution in [-0.2, 0) is 14.3 Å². The number of rotatable bonds is 8. The van der Waals surface area contributed by atoms with Crippen molar-refractivity contribution in [1.29, 1.82) is 0 Å². The number of amides is 2. The van der Waals surface area contributed by atoms with Crippen LogP contribution in [0.15, 0.2) is 48.5 Å². The molecular formula is C26H30N2O6. The van der Waals surface area contributed by atoms with Crippen molar-refractivity contribution in [2.45, 2.75) is 56.7 Å². The number of aliphatic hydroxyl groups is 1. The Morgan fingerprint density at radius 3 is 2.29 bits per heavy atom. The Kier molecular flexibility index (Phi) is 7.17. The van der Waals surface area contributed by atoms with E-state index in [1.54, 1.807) is 0 Å². The smallest absolute Gasteiger partial charge is 0.407 e. The van der Waals surface area contributed by atoms with Gasteiger partial charge in [0.05, 0.1) is 6.10 Å². The zero-order valence-electron chi connectivity index (χ0n) is 19.1. The average Bonchev–Trinajstić information content (AvgIpc) is 3.38. The summed E-state index contributed by atoms with van der Waals surface area (Å²) in [4.78, 5) is 37.7. The summed E-state index contributed by atoms with van der Waals surface area (Å²) >= 11 is 0. The second-order valence-corrected chi connectivity index (χ2v) is 8.90. The van der Waals surface area contributed by atoms with E-state index >= 15 is 0 Å². The molecule has 2 aromatic carbocycles. The van der Waals surface area contributed by atoms with Crippen LogP contribution in [0.1, 0.15) is 49.7 Å². The number of carboxylic acids is 1. The standard InChI is InChI=1S/C26H30N2O6/c1-2-16(11-12-24(30)28-14-17(29)13-23(28)25(31)32)27-26(33)34-15-22-20-9-5-3-7-18(20)19-8-4-6-10-21(19)22/h3-10,16-17,22-23,29H,2,11-15H2,1H3,(H,27,33)(H,31,32)/t16?,17-,23-/m0/s1. The highest BCUT2D eigenvalue weighted by molar-refractivity contribution is 5.84. The molecule has 34 heavy (non-hydrogen) atoms. The van der Waals surface area contributed by atoms with Gasteiger partial charge >= 0.3 is 12.1 Å². The van der Waals surface area contributed by atoms with Gasteiger partial charge in [-0.2, -0.15) is 0 Å². The molecule has 3 N–H and O–H groups in total. The van der Waals surface area contributed by atoms with E-state index < -0.39 is 24.2 Å². The zero-order chi connectivity index (χ0) is 24.2. The monoisotopic (exact) mass is 466 g/mol. The summed E-state index contributed by atoms with van der Waals surface area (Å²) in [6.07, 6.45) is -0.289. The predicted molar refractivity (Wildman–Crippen MR) is 125 cm³/mol. The van der Waals surface area contributed by atoms with E-state index in [1.165, 1.54) is 4.90 Å². The van der Waals surface area contributed by atoms with Crippen LogP contribution in [0.25, 0.3) is 11.1 Å². The third-order valence-corrected chi connectivity index (χ3v) is 6.75. The number of nitrogens with zero attached hydrogens (tertiary/aromatic N) is 1. The van der Waals surface area contributed by atoms with Gasteiger partial charge in [-0.3, -0.25) is 4.79 Å². The van der Waals surface area contributed by atoms with Gasteiger partial charge in [0.2, 0.25) is 5.91 Å². The van der Waals surface area contributed by atoms with Crippen molar-refractivity contribution in [2.75, 3.05) is 13.2 Å². The lowest BCUT2D eigenvalue weighted by Crippen LogP contribution is -2.42. The first-order chi connectivity index (χ1) is 16.4. The summed E-state index contributed by atoms with van der Waals surface area (Å²) in [6.45, 7) is 2.13. The molecule has 8 heteroatoms. The molecule has 1 aliphatic heterocycles. The summed E-state index contributed by atoms with van der Waals surface area (Å²) in [5.41, 5.74) is 4.58. The number of hydrogen-bond acceptors (Lipinski definition) is 5. The number of aliphatic carboxylic acids is 1. The number of β-amino-alcohol motifs (C(OH)–C–C–N with tert-alkyl or cyclic N) is 1. The van der Waals surface area contributed by atoms with Crippen molar-refractivity contribution in [1.82, 2.24) is 10.2 Å². The molecule has 1 unspecified atom stereocenters. The molecule has 2 amide bonds. The van der Waals surface area contributed by atoms with E-state index in [2.05, 4.69) is 29.6 Å². The Morgan fingerprint density at radius 2 is 1.71 bits per heavy atom. The van der Waals surface area contributed by atoms with Gasteiger partial charge in [-0.25, -0.2) is 9.59 Å². The molecule has 180 valence electrons. The van der Waals surface area contributed by atoms with Gasteiger partial charge in [0.15, 0.2) is 0 Å². The maximum atomic E-state index is 12.6. The zero-order valence-corrected chi connectivity index (χ0v) is 19.1. The van der Waals surface area contributed by atoms with E-state index in [0.29, 0.717) is 12.8 Å². The van der Waals surface area contributed by atoms with Gasteiger partial charge in [-0.15, -0.1) is 0 Å². The molecule has 0 bridgehead atoms. The predicted octanol–water partition coefficient (Wildman–Crippen LogP) is 3.13. The normalized spacial score (nSPS) is 19.9. The molecule has 2 aromatic rings. The van der Waals surface area contributed by atoms with Crippen molar-refractivity contribution >= 4 is 18.0 Å². The van der Waals surface area contributed by atoms with Gasteiger partial charge in [-0.05, 0) is 35.1 Å². The Bertz CT molecular complexity index is 1030. The number of alkyl carbamates (subject to hydrolysis) is 1. The van der Waals surface area contributed by atoms with E-state index in [9.17, 15) is 24.6 Å². The fourth-order valence-electron chi connectivity index (χ4n) is 4.95. The molecule has 0 spiro atoms. The molecule has 0 radical (unpaired) electrons. The molecular weight excluding hydrogens is 436 g/mol. The van der Waals surface area contributed by atoms with Crippen LogP contribution < -0.4 is 5.32 Å². The molecule has 2 aliphatic rings. The number of hydrogen-bond donors (Lipinski definition) is 3. The minimum absolute atomic E-state index is 0.0202. The van der Waals surface area contributed by atoms with Crippen LogP contribution >= 0.6 is 0 Å². The number of likely N-dealkylation sites (tertiary alicyclic amines) is 1. The number of carbonyl (C=O) groups is 3. The van der Waals surface area contributed by atoms with Crippen LogP contribution in [0.4, 0.5) is 4.79 Å². The number of ether oxygens (including phenoxy) is 1. The first kappa shape index (κ1) is 23.8. The molecule has 0 saturated carbocycles. The first-order valence-corrected chi connectivity index (χ1v) is 11.7. The Hall–Kier alpha value is -3.39. The number of carbonyl (C=O) groups excluding carboxylic acids is 2. The molecule has 4 rings (SSSR count). The van der Waals surface area contributed by atoms with Crippen molar-refractivity contribution in [3.8, 4) is 11.1 Å². The molecule has 0 aromatic heterocycles. The first-order valence-electron chi connectivity index (χ1n) is 11.7. The fourth-order valence-corrected chi connectivity index (χ4v) is 4.95. The minimum Gasteiger partial charge on any atom is -0.480 e. The molecule has 8 nitrogen and oxygen atoms in total.